The maximum atomic E-state index is 10.9. The van der Waals surface area contributed by atoms with Crippen molar-refractivity contribution >= 4 is 5.91 Å². The van der Waals surface area contributed by atoms with Gasteiger partial charge in [-0.15, -0.1) is 0 Å². The van der Waals surface area contributed by atoms with Gasteiger partial charge in [0, 0.05) is 6.54 Å². The number of carbonyl (C=O) groups is 1. The van der Waals surface area contributed by atoms with Gasteiger partial charge in [0.05, 0.1) is 0 Å². The van der Waals surface area contributed by atoms with Gasteiger partial charge in [-0.2, -0.15) is 0 Å². The number of amides is 1. The molecule has 0 saturated heterocycles. The molecule has 14 heavy (non-hydrogen) atoms. The predicted octanol–water partition coefficient (Wildman–Crippen LogP) is 2.05. The van der Waals surface area contributed by atoms with Crippen molar-refractivity contribution in [2.45, 2.75) is 19.9 Å². The standard InChI is InChI=1S/C12H15NO/c1-3-10-5-7-11(8-6-10)9-13-12(14)4-2/h4-8H,2-3,9H2,1H3,(H,13,14). The number of nitrogens with one attached hydrogen (secondary N) is 1. The second kappa shape index (κ2) is 5.22. The summed E-state index contributed by atoms with van der Waals surface area (Å²) in [5, 5.41) is 2.73. The molecular weight excluding hydrogens is 174 g/mol. The molecule has 0 spiro atoms. The molecule has 2 heteroatoms. The van der Waals surface area contributed by atoms with E-state index >= 15 is 0 Å². The smallest absolute Gasteiger partial charge is 0.243 e. The van der Waals surface area contributed by atoms with Crippen LogP contribution < -0.4 is 5.32 Å². The summed E-state index contributed by atoms with van der Waals surface area (Å²) in [6, 6.07) is 8.22. The normalized spacial score (nSPS) is 9.50. The summed E-state index contributed by atoms with van der Waals surface area (Å²) in [6.45, 7) is 6.07. The predicted molar refractivity (Wildman–Crippen MR) is 57.9 cm³/mol. The van der Waals surface area contributed by atoms with Crippen LogP contribution in [0.5, 0.6) is 0 Å². The summed E-state index contributed by atoms with van der Waals surface area (Å²) in [7, 11) is 0. The van der Waals surface area contributed by atoms with Gasteiger partial charge in [0.25, 0.3) is 0 Å². The van der Waals surface area contributed by atoms with Crippen LogP contribution in [0.2, 0.25) is 0 Å². The van der Waals surface area contributed by atoms with Crippen LogP contribution in [0.4, 0.5) is 0 Å². The van der Waals surface area contributed by atoms with Gasteiger partial charge in [-0.05, 0) is 23.6 Å². The second-order valence-electron chi connectivity index (χ2n) is 3.09. The van der Waals surface area contributed by atoms with E-state index in [9.17, 15) is 4.79 Å². The van der Waals surface area contributed by atoms with Crippen LogP contribution in [0, 0.1) is 0 Å². The minimum atomic E-state index is -0.135. The molecule has 1 aromatic rings. The van der Waals surface area contributed by atoms with Crippen LogP contribution in [-0.2, 0) is 17.8 Å². The third-order valence-corrected chi connectivity index (χ3v) is 2.08. The molecule has 0 aliphatic rings. The molecule has 0 heterocycles. The Kier molecular flexibility index (Phi) is 3.92. The Bertz CT molecular complexity index is 314. The molecule has 0 fully saturated rings. The van der Waals surface area contributed by atoms with Crippen LogP contribution >= 0.6 is 0 Å². The summed E-state index contributed by atoms with van der Waals surface area (Å²) in [5.74, 6) is -0.135. The lowest BCUT2D eigenvalue weighted by Crippen LogP contribution is -2.19. The van der Waals surface area contributed by atoms with E-state index < -0.39 is 0 Å². The molecule has 1 amide bonds. The SMILES string of the molecule is C=CC(=O)NCc1ccc(CC)cc1. The molecule has 0 aliphatic heterocycles. The minimum absolute atomic E-state index is 0.135. The van der Waals surface area contributed by atoms with Gasteiger partial charge in [-0.3, -0.25) is 4.79 Å². The fraction of sp³-hybridized carbons (Fsp3) is 0.250. The summed E-state index contributed by atoms with van der Waals surface area (Å²) < 4.78 is 0. The summed E-state index contributed by atoms with van der Waals surface area (Å²) in [5.41, 5.74) is 2.42. The zero-order valence-corrected chi connectivity index (χ0v) is 8.42. The third kappa shape index (κ3) is 3.05. The number of aryl methyl sites for hydroxylation is 1. The van der Waals surface area contributed by atoms with Crippen LogP contribution in [0.25, 0.3) is 0 Å². The van der Waals surface area contributed by atoms with Gasteiger partial charge < -0.3 is 5.32 Å². The first-order valence-corrected chi connectivity index (χ1v) is 4.74. The van der Waals surface area contributed by atoms with Gasteiger partial charge in [-0.25, -0.2) is 0 Å². The van der Waals surface area contributed by atoms with E-state index in [1.807, 2.05) is 12.1 Å². The maximum absolute atomic E-state index is 10.9. The van der Waals surface area contributed by atoms with Crippen molar-refractivity contribution in [3.63, 3.8) is 0 Å². The first kappa shape index (κ1) is 10.5. The Morgan fingerprint density at radius 3 is 2.43 bits per heavy atom. The Balaban J connectivity index is 2.51. The highest BCUT2D eigenvalue weighted by molar-refractivity contribution is 5.86. The van der Waals surface area contributed by atoms with E-state index in [2.05, 4.69) is 31.0 Å². The molecule has 74 valence electrons. The molecule has 0 radical (unpaired) electrons. The average Bonchev–Trinajstić information content (AvgIpc) is 2.26. The van der Waals surface area contributed by atoms with E-state index in [1.54, 1.807) is 0 Å². The van der Waals surface area contributed by atoms with Gasteiger partial charge in [0.2, 0.25) is 5.91 Å². The lowest BCUT2D eigenvalue weighted by molar-refractivity contribution is -0.116. The molecule has 0 bridgehead atoms. The number of benzene rings is 1. The topological polar surface area (TPSA) is 29.1 Å². The van der Waals surface area contributed by atoms with Crippen molar-refractivity contribution in [3.8, 4) is 0 Å². The zero-order chi connectivity index (χ0) is 10.4. The van der Waals surface area contributed by atoms with Gasteiger partial charge in [0.15, 0.2) is 0 Å². The van der Waals surface area contributed by atoms with Gasteiger partial charge >= 0.3 is 0 Å². The molecule has 0 unspecified atom stereocenters. The van der Waals surface area contributed by atoms with Crippen LogP contribution in [0.15, 0.2) is 36.9 Å². The van der Waals surface area contributed by atoms with E-state index in [0.717, 1.165) is 12.0 Å². The minimum Gasteiger partial charge on any atom is -0.348 e. The molecule has 0 aliphatic carbocycles. The van der Waals surface area contributed by atoms with Crippen molar-refractivity contribution in [2.24, 2.45) is 0 Å². The van der Waals surface area contributed by atoms with Gasteiger partial charge in [-0.1, -0.05) is 37.8 Å². The Labute approximate surface area is 84.6 Å². The third-order valence-electron chi connectivity index (χ3n) is 2.08. The van der Waals surface area contributed by atoms with Crippen molar-refractivity contribution in [3.05, 3.63) is 48.0 Å². The molecular formula is C12H15NO. The van der Waals surface area contributed by atoms with E-state index in [0.29, 0.717) is 6.54 Å². The van der Waals surface area contributed by atoms with Crippen LogP contribution in [-0.4, -0.2) is 5.91 Å². The zero-order valence-electron chi connectivity index (χ0n) is 8.42. The molecule has 1 rings (SSSR count). The highest BCUT2D eigenvalue weighted by atomic mass is 16.1. The quantitative estimate of drug-likeness (QED) is 0.722. The van der Waals surface area contributed by atoms with E-state index in [-0.39, 0.29) is 5.91 Å². The van der Waals surface area contributed by atoms with E-state index in [4.69, 9.17) is 0 Å². The Morgan fingerprint density at radius 1 is 1.36 bits per heavy atom. The van der Waals surface area contributed by atoms with E-state index in [1.165, 1.54) is 11.6 Å². The summed E-state index contributed by atoms with van der Waals surface area (Å²) in [6.07, 6.45) is 2.32. The highest BCUT2D eigenvalue weighted by Crippen LogP contribution is 2.04. The lowest BCUT2D eigenvalue weighted by atomic mass is 10.1. The molecule has 0 saturated carbocycles. The number of rotatable bonds is 4. The molecule has 0 atom stereocenters. The first-order valence-electron chi connectivity index (χ1n) is 4.74. The van der Waals surface area contributed by atoms with Gasteiger partial charge in [0.1, 0.15) is 0 Å². The monoisotopic (exact) mass is 189 g/mol. The Hall–Kier alpha value is -1.57. The lowest BCUT2D eigenvalue weighted by Gasteiger charge is -2.03. The highest BCUT2D eigenvalue weighted by Gasteiger charge is 1.95. The fourth-order valence-electron chi connectivity index (χ4n) is 1.15. The first-order chi connectivity index (χ1) is 6.76. The van der Waals surface area contributed by atoms with Crippen molar-refractivity contribution in [1.82, 2.24) is 5.32 Å². The molecule has 0 aromatic heterocycles. The number of carbonyl (C=O) groups excluding carboxylic acids is 1. The molecule has 1 N–H and O–H groups in total. The average molecular weight is 189 g/mol. The molecule has 2 nitrogen and oxygen atoms in total. The summed E-state index contributed by atoms with van der Waals surface area (Å²) >= 11 is 0. The van der Waals surface area contributed by atoms with Crippen molar-refractivity contribution in [2.75, 3.05) is 0 Å². The van der Waals surface area contributed by atoms with Crippen LogP contribution in [0.3, 0.4) is 0 Å². The largest absolute Gasteiger partial charge is 0.348 e. The fourth-order valence-corrected chi connectivity index (χ4v) is 1.15. The summed E-state index contributed by atoms with van der Waals surface area (Å²) in [4.78, 5) is 10.9. The maximum Gasteiger partial charge on any atom is 0.243 e. The van der Waals surface area contributed by atoms with Crippen molar-refractivity contribution < 1.29 is 4.79 Å². The van der Waals surface area contributed by atoms with Crippen molar-refractivity contribution in [1.29, 1.82) is 0 Å². The molecule has 1 aromatic carbocycles. The number of hydrogen-bond acceptors (Lipinski definition) is 1. The van der Waals surface area contributed by atoms with Crippen LogP contribution in [0.1, 0.15) is 18.1 Å². The second-order valence-corrected chi connectivity index (χ2v) is 3.09. The Morgan fingerprint density at radius 2 is 1.93 bits per heavy atom. The number of hydrogen-bond donors (Lipinski definition) is 1.